The van der Waals surface area contributed by atoms with E-state index >= 15 is 0 Å². The molecule has 2 heterocycles. The van der Waals surface area contributed by atoms with Gasteiger partial charge in [0.1, 0.15) is 0 Å². The topological polar surface area (TPSA) is 64.9 Å². The number of aryl methyl sites for hydroxylation is 1. The maximum absolute atomic E-state index is 5.90. The van der Waals surface area contributed by atoms with Gasteiger partial charge < -0.3 is 10.3 Å². The van der Waals surface area contributed by atoms with Crippen LogP contribution in [0.25, 0.3) is 11.5 Å². The second-order valence-electron chi connectivity index (χ2n) is 4.95. The van der Waals surface area contributed by atoms with Gasteiger partial charge in [-0.25, -0.2) is 0 Å². The van der Waals surface area contributed by atoms with Crippen molar-refractivity contribution in [2.45, 2.75) is 18.8 Å². The molecule has 20 heavy (non-hydrogen) atoms. The maximum Gasteiger partial charge on any atom is 0.260 e. The van der Waals surface area contributed by atoms with Crippen molar-refractivity contribution in [3.05, 3.63) is 52.7 Å². The van der Waals surface area contributed by atoms with Gasteiger partial charge in [0.05, 0.1) is 10.6 Å². The molecule has 2 N–H and O–H groups in total. The summed E-state index contributed by atoms with van der Waals surface area (Å²) in [5, 5.41) is 6.80. The fourth-order valence-electron chi connectivity index (χ4n) is 2.81. The molecule has 2 aromatic heterocycles. The van der Waals surface area contributed by atoms with E-state index in [2.05, 4.69) is 34.4 Å². The molecule has 1 aliphatic carbocycles. The van der Waals surface area contributed by atoms with Crippen molar-refractivity contribution in [3.8, 4) is 11.5 Å². The van der Waals surface area contributed by atoms with Crippen LogP contribution in [0.3, 0.4) is 0 Å². The van der Waals surface area contributed by atoms with Crippen LogP contribution in [0.15, 0.2) is 40.2 Å². The van der Waals surface area contributed by atoms with E-state index in [4.69, 9.17) is 10.3 Å². The summed E-state index contributed by atoms with van der Waals surface area (Å²) < 4.78 is 5.38. The van der Waals surface area contributed by atoms with Gasteiger partial charge in [0.2, 0.25) is 0 Å². The summed E-state index contributed by atoms with van der Waals surface area (Å²) in [7, 11) is 0. The Morgan fingerprint density at radius 2 is 2.15 bits per heavy atom. The Balaban J connectivity index is 1.72. The van der Waals surface area contributed by atoms with E-state index in [1.807, 2.05) is 11.4 Å². The SMILES string of the molecule is Nc1sccc1-c1nc(C2CCc3ccccc32)no1. The van der Waals surface area contributed by atoms with Gasteiger partial charge in [-0.3, -0.25) is 0 Å². The zero-order valence-electron chi connectivity index (χ0n) is 10.7. The van der Waals surface area contributed by atoms with E-state index in [0.29, 0.717) is 10.9 Å². The molecule has 1 unspecified atom stereocenters. The first-order valence-electron chi connectivity index (χ1n) is 6.57. The van der Waals surface area contributed by atoms with Crippen molar-refractivity contribution >= 4 is 16.3 Å². The average molecular weight is 283 g/mol. The summed E-state index contributed by atoms with van der Waals surface area (Å²) in [6.45, 7) is 0. The predicted molar refractivity (Wildman–Crippen MR) is 78.6 cm³/mol. The number of hydrogen-bond donors (Lipinski definition) is 1. The molecule has 0 amide bonds. The zero-order chi connectivity index (χ0) is 13.5. The quantitative estimate of drug-likeness (QED) is 0.782. The molecule has 0 saturated carbocycles. The Hall–Kier alpha value is -2.14. The molecule has 0 spiro atoms. The molecule has 0 bridgehead atoms. The number of rotatable bonds is 2. The fraction of sp³-hybridized carbons (Fsp3) is 0.200. The molecule has 0 saturated heterocycles. The van der Waals surface area contributed by atoms with Gasteiger partial charge in [0.15, 0.2) is 5.82 Å². The van der Waals surface area contributed by atoms with Crippen LogP contribution in [-0.2, 0) is 6.42 Å². The van der Waals surface area contributed by atoms with Crippen LogP contribution in [0.4, 0.5) is 5.00 Å². The van der Waals surface area contributed by atoms with E-state index in [1.165, 1.54) is 22.5 Å². The number of fused-ring (bicyclic) bond motifs is 1. The Morgan fingerprint density at radius 1 is 1.25 bits per heavy atom. The van der Waals surface area contributed by atoms with Gasteiger partial charge in [-0.1, -0.05) is 29.4 Å². The molecule has 3 aromatic rings. The number of nitrogen functional groups attached to an aromatic ring is 1. The smallest absolute Gasteiger partial charge is 0.260 e. The molecular weight excluding hydrogens is 270 g/mol. The summed E-state index contributed by atoms with van der Waals surface area (Å²) in [6, 6.07) is 10.4. The van der Waals surface area contributed by atoms with Gasteiger partial charge in [-0.15, -0.1) is 11.3 Å². The van der Waals surface area contributed by atoms with Gasteiger partial charge in [0, 0.05) is 5.92 Å². The minimum atomic E-state index is 0.239. The molecular formula is C15H13N3OS. The standard InChI is InChI=1S/C15H13N3OS/c16-13-12(7-8-20-13)15-17-14(18-19-15)11-6-5-9-3-1-2-4-10(9)11/h1-4,7-8,11H,5-6,16H2. The van der Waals surface area contributed by atoms with Crippen LogP contribution in [0.1, 0.15) is 29.3 Å². The molecule has 1 aliphatic rings. The van der Waals surface area contributed by atoms with E-state index in [-0.39, 0.29) is 5.92 Å². The van der Waals surface area contributed by atoms with E-state index < -0.39 is 0 Å². The highest BCUT2D eigenvalue weighted by molar-refractivity contribution is 7.14. The van der Waals surface area contributed by atoms with Crippen molar-refractivity contribution in [2.75, 3.05) is 5.73 Å². The monoisotopic (exact) mass is 283 g/mol. The van der Waals surface area contributed by atoms with Crippen molar-refractivity contribution in [3.63, 3.8) is 0 Å². The second-order valence-corrected chi connectivity index (χ2v) is 5.89. The molecule has 0 radical (unpaired) electrons. The number of nitrogens with zero attached hydrogens (tertiary/aromatic N) is 2. The second kappa shape index (κ2) is 4.45. The minimum Gasteiger partial charge on any atom is -0.390 e. The molecule has 1 aromatic carbocycles. The lowest BCUT2D eigenvalue weighted by Crippen LogP contribution is -1.98. The Morgan fingerprint density at radius 3 is 3.00 bits per heavy atom. The number of benzene rings is 1. The summed E-state index contributed by atoms with van der Waals surface area (Å²) >= 11 is 1.48. The van der Waals surface area contributed by atoms with Crippen LogP contribution in [0.2, 0.25) is 0 Å². The summed E-state index contributed by atoms with van der Waals surface area (Å²) in [5.41, 5.74) is 9.44. The van der Waals surface area contributed by atoms with Gasteiger partial charge in [-0.2, -0.15) is 4.98 Å². The summed E-state index contributed by atoms with van der Waals surface area (Å²) in [6.07, 6.45) is 2.11. The highest BCUT2D eigenvalue weighted by atomic mass is 32.1. The van der Waals surface area contributed by atoms with Crippen molar-refractivity contribution < 1.29 is 4.52 Å². The Labute approximate surface area is 120 Å². The first kappa shape index (κ1) is 11.7. The van der Waals surface area contributed by atoms with Gasteiger partial charge in [0.25, 0.3) is 5.89 Å². The summed E-state index contributed by atoms with van der Waals surface area (Å²) in [4.78, 5) is 4.54. The molecule has 5 heteroatoms. The van der Waals surface area contributed by atoms with Gasteiger partial charge in [-0.05, 0) is 35.4 Å². The van der Waals surface area contributed by atoms with Gasteiger partial charge >= 0.3 is 0 Å². The number of aromatic nitrogens is 2. The third kappa shape index (κ3) is 1.74. The third-order valence-electron chi connectivity index (χ3n) is 3.81. The first-order valence-corrected chi connectivity index (χ1v) is 7.45. The molecule has 4 nitrogen and oxygen atoms in total. The van der Waals surface area contributed by atoms with E-state index in [0.717, 1.165) is 24.2 Å². The molecule has 4 rings (SSSR count). The molecule has 0 fully saturated rings. The van der Waals surface area contributed by atoms with Crippen LogP contribution >= 0.6 is 11.3 Å². The predicted octanol–water partition coefficient (Wildman–Crippen LogP) is 3.46. The largest absolute Gasteiger partial charge is 0.390 e. The fourth-order valence-corrected chi connectivity index (χ4v) is 3.44. The number of hydrogen-bond acceptors (Lipinski definition) is 5. The molecule has 100 valence electrons. The lowest BCUT2D eigenvalue weighted by molar-refractivity contribution is 0.419. The summed E-state index contributed by atoms with van der Waals surface area (Å²) in [5.74, 6) is 1.52. The van der Waals surface area contributed by atoms with Crippen molar-refractivity contribution in [2.24, 2.45) is 0 Å². The van der Waals surface area contributed by atoms with E-state index in [9.17, 15) is 0 Å². The highest BCUT2D eigenvalue weighted by Crippen LogP contribution is 2.38. The number of thiophene rings is 1. The average Bonchev–Trinajstić information content (AvgIpc) is 3.15. The minimum absolute atomic E-state index is 0.239. The highest BCUT2D eigenvalue weighted by Gasteiger charge is 2.28. The van der Waals surface area contributed by atoms with Crippen LogP contribution in [0.5, 0.6) is 0 Å². The van der Waals surface area contributed by atoms with Crippen LogP contribution in [-0.4, -0.2) is 10.1 Å². The molecule has 0 aliphatic heterocycles. The number of anilines is 1. The Kier molecular flexibility index (Phi) is 2.60. The zero-order valence-corrected chi connectivity index (χ0v) is 11.6. The third-order valence-corrected chi connectivity index (χ3v) is 4.56. The Bertz CT molecular complexity index is 762. The molecule has 1 atom stereocenters. The number of nitrogens with two attached hydrogens (primary N) is 1. The van der Waals surface area contributed by atoms with Crippen molar-refractivity contribution in [1.29, 1.82) is 0 Å². The lowest BCUT2D eigenvalue weighted by atomic mass is 10.0. The first-order chi connectivity index (χ1) is 9.83. The lowest BCUT2D eigenvalue weighted by Gasteiger charge is -2.05. The van der Waals surface area contributed by atoms with Crippen LogP contribution in [0, 0.1) is 0 Å². The van der Waals surface area contributed by atoms with E-state index in [1.54, 1.807) is 0 Å². The van der Waals surface area contributed by atoms with Crippen LogP contribution < -0.4 is 5.73 Å². The normalized spacial score (nSPS) is 17.3. The van der Waals surface area contributed by atoms with Crippen molar-refractivity contribution in [1.82, 2.24) is 10.1 Å². The maximum atomic E-state index is 5.90.